The summed E-state index contributed by atoms with van der Waals surface area (Å²) in [6.07, 6.45) is 2.28. The molecule has 0 aliphatic rings. The highest BCUT2D eigenvalue weighted by Crippen LogP contribution is 2.28. The van der Waals surface area contributed by atoms with E-state index in [1.165, 1.54) is 0 Å². The number of rotatable bonds is 7. The van der Waals surface area contributed by atoms with Crippen molar-refractivity contribution in [1.29, 1.82) is 0 Å². The summed E-state index contributed by atoms with van der Waals surface area (Å²) >= 11 is 1.63. The number of aliphatic hydroxyl groups excluding tert-OH is 1. The van der Waals surface area contributed by atoms with Gasteiger partial charge in [0.25, 0.3) is 0 Å². The molecular formula is C15H20O4S. The Balaban J connectivity index is 2.86. The summed E-state index contributed by atoms with van der Waals surface area (Å²) in [4.78, 5) is 10.5. The number of aliphatic hydroxyl groups is 1. The highest BCUT2D eigenvalue weighted by molar-refractivity contribution is 7.99. The van der Waals surface area contributed by atoms with E-state index in [0.717, 1.165) is 23.0 Å². The molecule has 0 aromatic heterocycles. The number of carboxylic acid groups (broad SMARTS) is 1. The van der Waals surface area contributed by atoms with Gasteiger partial charge < -0.3 is 14.9 Å². The zero-order chi connectivity index (χ0) is 15.1. The van der Waals surface area contributed by atoms with E-state index in [1.807, 2.05) is 25.1 Å². The molecular weight excluding hydrogens is 276 g/mol. The number of hydrogen-bond donors (Lipinski definition) is 2. The van der Waals surface area contributed by atoms with Crippen molar-refractivity contribution in [2.24, 2.45) is 0 Å². The summed E-state index contributed by atoms with van der Waals surface area (Å²) in [6, 6.07) is 5.54. The molecule has 0 aliphatic carbocycles. The Morgan fingerprint density at radius 2 is 2.15 bits per heavy atom. The van der Waals surface area contributed by atoms with Gasteiger partial charge in [-0.25, -0.2) is 4.79 Å². The zero-order valence-corrected chi connectivity index (χ0v) is 12.7. The normalized spacial score (nSPS) is 14.2. The second-order valence-electron chi connectivity index (χ2n) is 4.50. The molecule has 0 saturated carbocycles. The highest BCUT2D eigenvalue weighted by atomic mass is 32.2. The van der Waals surface area contributed by atoms with Crippen molar-refractivity contribution in [3.05, 3.63) is 35.4 Å². The van der Waals surface area contributed by atoms with Crippen molar-refractivity contribution in [3.8, 4) is 5.75 Å². The van der Waals surface area contributed by atoms with Crippen LogP contribution in [0, 0.1) is 0 Å². The third kappa shape index (κ3) is 5.27. The zero-order valence-electron chi connectivity index (χ0n) is 11.9. The number of benzene rings is 1. The van der Waals surface area contributed by atoms with Crippen LogP contribution in [0.1, 0.15) is 25.0 Å². The Kier molecular flexibility index (Phi) is 6.61. The van der Waals surface area contributed by atoms with Crippen LogP contribution in [0.25, 0.3) is 6.08 Å². The number of carboxylic acids is 1. The molecule has 5 heteroatoms. The first-order valence-corrected chi connectivity index (χ1v) is 7.36. The minimum Gasteiger partial charge on any atom is -0.496 e. The van der Waals surface area contributed by atoms with E-state index >= 15 is 0 Å². The molecule has 0 saturated heterocycles. The van der Waals surface area contributed by atoms with Gasteiger partial charge in [0.05, 0.1) is 13.2 Å². The van der Waals surface area contributed by atoms with Gasteiger partial charge in [-0.05, 0) is 30.7 Å². The van der Waals surface area contributed by atoms with Crippen LogP contribution in [0.3, 0.4) is 0 Å². The number of hydrogen-bond acceptors (Lipinski definition) is 4. The molecule has 0 fully saturated rings. The standard InChI is InChI=1S/C15H20O4S/c1-10(16)11(2)20-9-13-8-12(5-7-15(17)18)4-6-14(13)19-3/h4-8,10-11,16H,9H2,1-3H3,(H,17,18)/b7-5+. The van der Waals surface area contributed by atoms with Crippen LogP contribution in [-0.4, -0.2) is 34.6 Å². The smallest absolute Gasteiger partial charge is 0.328 e. The van der Waals surface area contributed by atoms with Gasteiger partial charge in [-0.2, -0.15) is 11.8 Å². The average molecular weight is 296 g/mol. The third-order valence-electron chi connectivity index (χ3n) is 2.90. The molecule has 0 heterocycles. The van der Waals surface area contributed by atoms with Crippen LogP contribution in [0.15, 0.2) is 24.3 Å². The van der Waals surface area contributed by atoms with Gasteiger partial charge in [-0.1, -0.05) is 13.0 Å². The van der Waals surface area contributed by atoms with Gasteiger partial charge >= 0.3 is 5.97 Å². The Hall–Kier alpha value is -1.46. The predicted octanol–water partition coefficient (Wildman–Crippen LogP) is 2.80. The van der Waals surface area contributed by atoms with Crippen molar-refractivity contribution in [3.63, 3.8) is 0 Å². The lowest BCUT2D eigenvalue weighted by molar-refractivity contribution is -0.131. The van der Waals surface area contributed by atoms with Gasteiger partial charge in [0.1, 0.15) is 5.75 Å². The number of methoxy groups -OCH3 is 1. The summed E-state index contributed by atoms with van der Waals surface area (Å²) in [7, 11) is 1.61. The van der Waals surface area contributed by atoms with Crippen molar-refractivity contribution in [1.82, 2.24) is 0 Å². The van der Waals surface area contributed by atoms with E-state index in [1.54, 1.807) is 31.9 Å². The Labute approximate surface area is 123 Å². The molecule has 1 aromatic rings. The van der Waals surface area contributed by atoms with E-state index in [9.17, 15) is 9.90 Å². The quantitative estimate of drug-likeness (QED) is 0.757. The third-order valence-corrected chi connectivity index (χ3v) is 4.30. The van der Waals surface area contributed by atoms with Crippen LogP contribution < -0.4 is 4.74 Å². The molecule has 0 aliphatic heterocycles. The predicted molar refractivity (Wildman–Crippen MR) is 82.1 cm³/mol. The van der Waals surface area contributed by atoms with Gasteiger partial charge in [-0.3, -0.25) is 0 Å². The summed E-state index contributed by atoms with van der Waals surface area (Å²) in [5.41, 5.74) is 1.80. The molecule has 2 N–H and O–H groups in total. The SMILES string of the molecule is COc1ccc(/C=C/C(=O)O)cc1CSC(C)C(C)O. The lowest BCUT2D eigenvalue weighted by Crippen LogP contribution is -2.15. The molecule has 20 heavy (non-hydrogen) atoms. The minimum atomic E-state index is -0.973. The fourth-order valence-electron chi connectivity index (χ4n) is 1.54. The number of ether oxygens (including phenoxy) is 1. The second kappa shape index (κ2) is 7.97. The fourth-order valence-corrected chi connectivity index (χ4v) is 2.49. The van der Waals surface area contributed by atoms with E-state index < -0.39 is 5.97 Å². The van der Waals surface area contributed by atoms with Crippen molar-refractivity contribution in [2.75, 3.05) is 7.11 Å². The second-order valence-corrected chi connectivity index (χ2v) is 5.87. The molecule has 2 atom stereocenters. The Bertz CT molecular complexity index is 483. The maximum absolute atomic E-state index is 10.5. The molecule has 4 nitrogen and oxygen atoms in total. The molecule has 1 aromatic carbocycles. The first kappa shape index (κ1) is 16.6. The summed E-state index contributed by atoms with van der Waals surface area (Å²) < 4.78 is 5.30. The largest absolute Gasteiger partial charge is 0.496 e. The Morgan fingerprint density at radius 1 is 1.45 bits per heavy atom. The van der Waals surface area contributed by atoms with Crippen molar-refractivity contribution < 1.29 is 19.7 Å². The topological polar surface area (TPSA) is 66.8 Å². The van der Waals surface area contributed by atoms with E-state index in [4.69, 9.17) is 9.84 Å². The molecule has 0 radical (unpaired) electrons. The molecule has 0 amide bonds. The number of aliphatic carboxylic acids is 1. The van der Waals surface area contributed by atoms with Gasteiger partial charge in [-0.15, -0.1) is 0 Å². The summed E-state index contributed by atoms with van der Waals surface area (Å²) in [6.45, 7) is 3.73. The van der Waals surface area contributed by atoms with Gasteiger partial charge in [0.2, 0.25) is 0 Å². The first-order valence-electron chi connectivity index (χ1n) is 6.31. The minimum absolute atomic E-state index is 0.123. The average Bonchev–Trinajstić information content (AvgIpc) is 2.42. The lowest BCUT2D eigenvalue weighted by atomic mass is 10.1. The summed E-state index contributed by atoms with van der Waals surface area (Å²) in [5, 5.41) is 18.3. The van der Waals surface area contributed by atoms with Crippen LogP contribution in [-0.2, 0) is 10.5 Å². The van der Waals surface area contributed by atoms with E-state index in [2.05, 4.69) is 0 Å². The Morgan fingerprint density at radius 3 is 2.70 bits per heavy atom. The lowest BCUT2D eigenvalue weighted by Gasteiger charge is -2.15. The fraction of sp³-hybridized carbons (Fsp3) is 0.400. The van der Waals surface area contributed by atoms with Crippen LogP contribution in [0.5, 0.6) is 5.75 Å². The maximum Gasteiger partial charge on any atom is 0.328 e. The molecule has 0 bridgehead atoms. The monoisotopic (exact) mass is 296 g/mol. The molecule has 2 unspecified atom stereocenters. The molecule has 1 rings (SSSR count). The number of thioether (sulfide) groups is 1. The highest BCUT2D eigenvalue weighted by Gasteiger charge is 2.11. The number of carbonyl (C=O) groups is 1. The van der Waals surface area contributed by atoms with Crippen molar-refractivity contribution in [2.45, 2.75) is 31.0 Å². The van der Waals surface area contributed by atoms with E-state index in [0.29, 0.717) is 5.75 Å². The van der Waals surface area contributed by atoms with E-state index in [-0.39, 0.29) is 11.4 Å². The first-order chi connectivity index (χ1) is 9.43. The maximum atomic E-state index is 10.5. The molecule has 110 valence electrons. The van der Waals surface area contributed by atoms with Crippen LogP contribution >= 0.6 is 11.8 Å². The van der Waals surface area contributed by atoms with Crippen LogP contribution in [0.4, 0.5) is 0 Å². The van der Waals surface area contributed by atoms with Crippen LogP contribution in [0.2, 0.25) is 0 Å². The van der Waals surface area contributed by atoms with Crippen molar-refractivity contribution >= 4 is 23.8 Å². The summed E-state index contributed by atoms with van der Waals surface area (Å²) in [5.74, 6) is 0.492. The molecule has 0 spiro atoms. The van der Waals surface area contributed by atoms with Gasteiger partial charge in [0.15, 0.2) is 0 Å². The van der Waals surface area contributed by atoms with Gasteiger partial charge in [0, 0.05) is 22.6 Å².